The maximum atomic E-state index is 11.5. The fourth-order valence-corrected chi connectivity index (χ4v) is 2.21. The van der Waals surface area contributed by atoms with Gasteiger partial charge in [-0.15, -0.1) is 0 Å². The molecule has 2 N–H and O–H groups in total. The summed E-state index contributed by atoms with van der Waals surface area (Å²) in [5.41, 5.74) is 8.47. The van der Waals surface area contributed by atoms with Crippen LogP contribution in [-0.4, -0.2) is 18.6 Å². The third-order valence-electron chi connectivity index (χ3n) is 3.05. The van der Waals surface area contributed by atoms with E-state index in [-0.39, 0.29) is 17.9 Å². The molecule has 1 aromatic rings. The smallest absolute Gasteiger partial charge is 0.308 e. The van der Waals surface area contributed by atoms with Gasteiger partial charge in [-0.25, -0.2) is 0 Å². The van der Waals surface area contributed by atoms with Gasteiger partial charge >= 0.3 is 5.97 Å². The zero-order valence-corrected chi connectivity index (χ0v) is 12.5. The molecule has 0 fully saturated rings. The van der Waals surface area contributed by atoms with Crippen molar-refractivity contribution in [2.75, 3.05) is 6.61 Å². The average Bonchev–Trinajstić information content (AvgIpc) is 2.39. The summed E-state index contributed by atoms with van der Waals surface area (Å²) in [6.07, 6.45) is 1.42. The predicted octanol–water partition coefficient (Wildman–Crippen LogP) is 2.58. The molecular weight excluding hydrogens is 258 g/mol. The van der Waals surface area contributed by atoms with Crippen molar-refractivity contribution >= 4 is 18.6 Å². The summed E-state index contributed by atoms with van der Waals surface area (Å²) in [5, 5.41) is 0. The molecule has 3 nitrogen and oxygen atoms in total. The lowest BCUT2D eigenvalue weighted by molar-refractivity contribution is -0.147. The Balaban J connectivity index is 2.45. The average molecular weight is 281 g/mol. The highest BCUT2D eigenvalue weighted by Gasteiger charge is 2.17. The minimum absolute atomic E-state index is 0.0266. The SMILES string of the molecule is CCOC(=O)[C@@H](C)C[C@@H](N)Cc1ccc(CS)cc1. The molecule has 0 aliphatic heterocycles. The van der Waals surface area contributed by atoms with Gasteiger partial charge in [-0.2, -0.15) is 12.6 Å². The molecule has 0 amide bonds. The molecule has 19 heavy (non-hydrogen) atoms. The molecule has 0 spiro atoms. The van der Waals surface area contributed by atoms with Gasteiger partial charge in [0.2, 0.25) is 0 Å². The van der Waals surface area contributed by atoms with Crippen molar-refractivity contribution in [2.24, 2.45) is 11.7 Å². The second-order valence-corrected chi connectivity index (χ2v) is 5.14. The third kappa shape index (κ3) is 5.66. The second-order valence-electron chi connectivity index (χ2n) is 4.83. The molecule has 0 radical (unpaired) electrons. The van der Waals surface area contributed by atoms with Gasteiger partial charge in [-0.05, 0) is 30.9 Å². The van der Waals surface area contributed by atoms with Gasteiger partial charge in [0.1, 0.15) is 0 Å². The summed E-state index contributed by atoms with van der Waals surface area (Å²) in [4.78, 5) is 11.5. The van der Waals surface area contributed by atoms with Gasteiger partial charge < -0.3 is 10.5 Å². The number of carbonyl (C=O) groups is 1. The van der Waals surface area contributed by atoms with Crippen molar-refractivity contribution in [3.63, 3.8) is 0 Å². The van der Waals surface area contributed by atoms with Gasteiger partial charge in [0.25, 0.3) is 0 Å². The molecule has 0 saturated heterocycles. The third-order valence-corrected chi connectivity index (χ3v) is 3.41. The normalized spacial score (nSPS) is 13.9. The first-order valence-corrected chi connectivity index (χ1v) is 7.31. The summed E-state index contributed by atoms with van der Waals surface area (Å²) >= 11 is 4.23. The van der Waals surface area contributed by atoms with Crippen molar-refractivity contribution in [1.82, 2.24) is 0 Å². The number of hydrogen-bond donors (Lipinski definition) is 2. The number of nitrogens with two attached hydrogens (primary N) is 1. The number of rotatable bonds is 7. The van der Waals surface area contributed by atoms with E-state index in [1.54, 1.807) is 0 Å². The Labute approximate surface area is 120 Å². The van der Waals surface area contributed by atoms with Crippen LogP contribution in [0, 0.1) is 5.92 Å². The number of carbonyl (C=O) groups excluding carboxylic acids is 1. The molecular formula is C15H23NO2S. The lowest BCUT2D eigenvalue weighted by atomic mass is 9.96. The van der Waals surface area contributed by atoms with Gasteiger partial charge in [0.15, 0.2) is 0 Å². The number of benzene rings is 1. The van der Waals surface area contributed by atoms with Crippen LogP contribution in [0.3, 0.4) is 0 Å². The van der Waals surface area contributed by atoms with E-state index in [0.29, 0.717) is 13.0 Å². The molecule has 1 aromatic carbocycles. The minimum atomic E-state index is -0.164. The van der Waals surface area contributed by atoms with Gasteiger partial charge in [0, 0.05) is 11.8 Å². The van der Waals surface area contributed by atoms with Crippen molar-refractivity contribution in [1.29, 1.82) is 0 Å². The summed E-state index contributed by atoms with van der Waals surface area (Å²) in [7, 11) is 0. The van der Waals surface area contributed by atoms with Crippen LogP contribution in [0.25, 0.3) is 0 Å². The van der Waals surface area contributed by atoms with Crippen LogP contribution < -0.4 is 5.73 Å². The Hall–Kier alpha value is -1.00. The standard InChI is InChI=1S/C15H23NO2S/c1-3-18-15(17)11(2)8-14(16)9-12-4-6-13(10-19)7-5-12/h4-7,11,14,19H,3,8-10,16H2,1-2H3/t11-,14+/m0/s1. The molecule has 0 aliphatic rings. The summed E-state index contributed by atoms with van der Waals surface area (Å²) < 4.78 is 4.98. The highest BCUT2D eigenvalue weighted by Crippen LogP contribution is 2.13. The van der Waals surface area contributed by atoms with Crippen molar-refractivity contribution in [3.05, 3.63) is 35.4 Å². The minimum Gasteiger partial charge on any atom is -0.466 e. The van der Waals surface area contributed by atoms with Gasteiger partial charge in [0.05, 0.1) is 12.5 Å². The molecule has 1 rings (SSSR count). The maximum absolute atomic E-state index is 11.5. The number of hydrogen-bond acceptors (Lipinski definition) is 4. The quantitative estimate of drug-likeness (QED) is 0.596. The fraction of sp³-hybridized carbons (Fsp3) is 0.533. The number of thiol groups is 1. The number of ether oxygens (including phenoxy) is 1. The van der Waals surface area contributed by atoms with E-state index in [1.165, 1.54) is 11.1 Å². The lowest BCUT2D eigenvalue weighted by Crippen LogP contribution is -2.29. The zero-order valence-electron chi connectivity index (χ0n) is 11.6. The van der Waals surface area contributed by atoms with Crippen LogP contribution in [-0.2, 0) is 21.7 Å². The highest BCUT2D eigenvalue weighted by molar-refractivity contribution is 7.79. The van der Waals surface area contributed by atoms with E-state index >= 15 is 0 Å². The Morgan fingerprint density at radius 1 is 1.32 bits per heavy atom. The monoisotopic (exact) mass is 281 g/mol. The first kappa shape index (κ1) is 16.1. The van der Waals surface area contributed by atoms with E-state index in [1.807, 2.05) is 13.8 Å². The first-order chi connectivity index (χ1) is 9.06. The van der Waals surface area contributed by atoms with Crippen molar-refractivity contribution in [2.45, 2.75) is 38.5 Å². The van der Waals surface area contributed by atoms with E-state index in [2.05, 4.69) is 36.9 Å². The summed E-state index contributed by atoms with van der Waals surface area (Å²) in [6.45, 7) is 4.10. The molecule has 4 heteroatoms. The topological polar surface area (TPSA) is 52.3 Å². The van der Waals surface area contributed by atoms with E-state index in [0.717, 1.165) is 12.2 Å². The zero-order chi connectivity index (χ0) is 14.3. The van der Waals surface area contributed by atoms with Crippen LogP contribution in [0.4, 0.5) is 0 Å². The van der Waals surface area contributed by atoms with Crippen molar-refractivity contribution < 1.29 is 9.53 Å². The van der Waals surface area contributed by atoms with Crippen LogP contribution in [0.2, 0.25) is 0 Å². The predicted molar refractivity (Wildman–Crippen MR) is 81.2 cm³/mol. The lowest BCUT2D eigenvalue weighted by Gasteiger charge is -2.16. The van der Waals surface area contributed by atoms with Gasteiger partial charge in [-0.3, -0.25) is 4.79 Å². The molecule has 0 unspecified atom stereocenters. The fourth-order valence-electron chi connectivity index (χ4n) is 2.00. The van der Waals surface area contributed by atoms with Gasteiger partial charge in [-0.1, -0.05) is 31.2 Å². The summed E-state index contributed by atoms with van der Waals surface area (Å²) in [5.74, 6) is 0.432. The Morgan fingerprint density at radius 2 is 1.89 bits per heavy atom. The number of esters is 1. The molecule has 0 aliphatic carbocycles. The summed E-state index contributed by atoms with van der Waals surface area (Å²) in [6, 6.07) is 8.23. The Morgan fingerprint density at radius 3 is 2.42 bits per heavy atom. The van der Waals surface area contributed by atoms with E-state index < -0.39 is 0 Å². The second kappa shape index (κ2) is 8.23. The molecule has 0 aromatic heterocycles. The largest absolute Gasteiger partial charge is 0.466 e. The molecule has 2 atom stereocenters. The Bertz CT molecular complexity index is 392. The van der Waals surface area contributed by atoms with E-state index in [4.69, 9.17) is 10.5 Å². The molecule has 106 valence electrons. The molecule has 0 bridgehead atoms. The highest BCUT2D eigenvalue weighted by atomic mass is 32.1. The maximum Gasteiger partial charge on any atom is 0.308 e. The first-order valence-electron chi connectivity index (χ1n) is 6.67. The van der Waals surface area contributed by atoms with Crippen LogP contribution in [0.1, 0.15) is 31.4 Å². The van der Waals surface area contributed by atoms with Crippen LogP contribution >= 0.6 is 12.6 Å². The van der Waals surface area contributed by atoms with Crippen molar-refractivity contribution in [3.8, 4) is 0 Å². The van der Waals surface area contributed by atoms with Crippen LogP contribution in [0.5, 0.6) is 0 Å². The molecule has 0 saturated carbocycles. The van der Waals surface area contributed by atoms with E-state index in [9.17, 15) is 4.79 Å². The van der Waals surface area contributed by atoms with Crippen LogP contribution in [0.15, 0.2) is 24.3 Å². The Kier molecular flexibility index (Phi) is 6.95. The molecule has 0 heterocycles.